The van der Waals surface area contributed by atoms with Crippen LogP contribution in [0.3, 0.4) is 0 Å². The SMILES string of the molecule is c1ccc2c(c1)-c1cc3c4c(cccc4c1-2)-c1ccccc1-3. The first-order valence-corrected chi connectivity index (χ1v) is 7.73. The summed E-state index contributed by atoms with van der Waals surface area (Å²) >= 11 is 0. The molecule has 0 heterocycles. The molecule has 0 atom stereocenters. The molecule has 2 aliphatic rings. The molecule has 0 aromatic heterocycles. The Morgan fingerprint density at radius 2 is 1.00 bits per heavy atom. The van der Waals surface area contributed by atoms with Crippen molar-refractivity contribution in [2.75, 3.05) is 0 Å². The van der Waals surface area contributed by atoms with Gasteiger partial charge in [-0.2, -0.15) is 0 Å². The van der Waals surface area contributed by atoms with Gasteiger partial charge in [0.15, 0.2) is 0 Å². The Morgan fingerprint density at radius 3 is 1.77 bits per heavy atom. The quantitative estimate of drug-likeness (QED) is 0.313. The summed E-state index contributed by atoms with van der Waals surface area (Å²) in [6.07, 6.45) is 0. The second-order valence-corrected chi connectivity index (χ2v) is 6.17. The summed E-state index contributed by atoms with van der Waals surface area (Å²) < 4.78 is 0. The smallest absolute Gasteiger partial charge is 0.00197 e. The summed E-state index contributed by atoms with van der Waals surface area (Å²) in [7, 11) is 0. The van der Waals surface area contributed by atoms with E-state index in [0.717, 1.165) is 0 Å². The van der Waals surface area contributed by atoms with Gasteiger partial charge in [0.2, 0.25) is 0 Å². The molecule has 4 aromatic carbocycles. The van der Waals surface area contributed by atoms with Crippen molar-refractivity contribution in [3.05, 3.63) is 72.8 Å². The first-order chi connectivity index (χ1) is 10.9. The summed E-state index contributed by atoms with van der Waals surface area (Å²) in [6.45, 7) is 0. The molecule has 0 N–H and O–H groups in total. The Kier molecular flexibility index (Phi) is 1.71. The molecule has 0 spiro atoms. The van der Waals surface area contributed by atoms with Crippen molar-refractivity contribution in [2.24, 2.45) is 0 Å². The summed E-state index contributed by atoms with van der Waals surface area (Å²) in [6, 6.07) is 26.7. The van der Waals surface area contributed by atoms with E-state index in [1.54, 1.807) is 0 Å². The van der Waals surface area contributed by atoms with Crippen LogP contribution in [0.5, 0.6) is 0 Å². The van der Waals surface area contributed by atoms with Gasteiger partial charge in [0.05, 0.1) is 0 Å². The summed E-state index contributed by atoms with van der Waals surface area (Å²) in [5.74, 6) is 0. The van der Waals surface area contributed by atoms with Crippen LogP contribution in [0, 0.1) is 0 Å². The minimum Gasteiger partial charge on any atom is -0.0616 e. The zero-order chi connectivity index (χ0) is 14.3. The fourth-order valence-corrected chi connectivity index (χ4v) is 4.25. The molecular formula is C22H12. The first-order valence-electron chi connectivity index (χ1n) is 7.73. The van der Waals surface area contributed by atoms with E-state index in [0.29, 0.717) is 0 Å². The van der Waals surface area contributed by atoms with Gasteiger partial charge >= 0.3 is 0 Å². The third kappa shape index (κ3) is 1.05. The third-order valence-electron chi connectivity index (χ3n) is 5.16. The van der Waals surface area contributed by atoms with E-state index in [1.165, 1.54) is 55.3 Å². The molecule has 0 aliphatic heterocycles. The van der Waals surface area contributed by atoms with E-state index < -0.39 is 0 Å². The van der Waals surface area contributed by atoms with Gasteiger partial charge < -0.3 is 0 Å². The number of hydrogen-bond acceptors (Lipinski definition) is 0. The van der Waals surface area contributed by atoms with Crippen LogP contribution in [0.25, 0.3) is 55.3 Å². The summed E-state index contributed by atoms with van der Waals surface area (Å²) in [5.41, 5.74) is 11.2. The zero-order valence-corrected chi connectivity index (χ0v) is 11.9. The van der Waals surface area contributed by atoms with Crippen molar-refractivity contribution < 1.29 is 0 Å². The molecule has 0 heteroatoms. The lowest BCUT2D eigenvalue weighted by Crippen LogP contribution is -1.99. The van der Waals surface area contributed by atoms with Gasteiger partial charge in [0.25, 0.3) is 0 Å². The van der Waals surface area contributed by atoms with Gasteiger partial charge in [-0.05, 0) is 61.3 Å². The molecule has 100 valence electrons. The maximum absolute atomic E-state index is 2.40. The maximum atomic E-state index is 2.40. The van der Waals surface area contributed by atoms with E-state index in [-0.39, 0.29) is 0 Å². The van der Waals surface area contributed by atoms with Crippen LogP contribution in [0.15, 0.2) is 72.8 Å². The lowest BCUT2D eigenvalue weighted by Gasteiger charge is -2.26. The fraction of sp³-hybridized carbons (Fsp3) is 0. The Labute approximate surface area is 128 Å². The minimum absolute atomic E-state index is 1.37. The van der Waals surface area contributed by atoms with E-state index in [2.05, 4.69) is 72.8 Å². The van der Waals surface area contributed by atoms with Crippen molar-refractivity contribution in [1.82, 2.24) is 0 Å². The molecular weight excluding hydrogens is 264 g/mol. The molecule has 2 aliphatic carbocycles. The number of hydrogen-bond donors (Lipinski definition) is 0. The second-order valence-electron chi connectivity index (χ2n) is 6.17. The predicted octanol–water partition coefficient (Wildman–Crippen LogP) is 6.13. The maximum Gasteiger partial charge on any atom is -0.00197 e. The predicted molar refractivity (Wildman–Crippen MR) is 92.8 cm³/mol. The normalized spacial score (nSPS) is 12.5. The van der Waals surface area contributed by atoms with Gasteiger partial charge in [-0.3, -0.25) is 0 Å². The molecule has 6 rings (SSSR count). The van der Waals surface area contributed by atoms with Gasteiger partial charge in [0, 0.05) is 0 Å². The van der Waals surface area contributed by atoms with Crippen LogP contribution < -0.4 is 0 Å². The zero-order valence-electron chi connectivity index (χ0n) is 11.9. The summed E-state index contributed by atoms with van der Waals surface area (Å²) in [4.78, 5) is 0. The largest absolute Gasteiger partial charge is 0.0616 e. The first kappa shape index (κ1) is 10.8. The molecule has 0 saturated heterocycles. The van der Waals surface area contributed by atoms with E-state index in [1.807, 2.05) is 0 Å². The molecule has 22 heavy (non-hydrogen) atoms. The highest BCUT2D eigenvalue weighted by atomic mass is 14.3. The van der Waals surface area contributed by atoms with Crippen molar-refractivity contribution in [2.45, 2.75) is 0 Å². The van der Waals surface area contributed by atoms with E-state index in [4.69, 9.17) is 0 Å². The van der Waals surface area contributed by atoms with Gasteiger partial charge in [-0.25, -0.2) is 0 Å². The number of fused-ring (bicyclic) bond motifs is 8. The average molecular weight is 276 g/mol. The Hall–Kier alpha value is -2.86. The average Bonchev–Trinajstić information content (AvgIpc) is 2.89. The lowest BCUT2D eigenvalue weighted by molar-refractivity contribution is 1.55. The Morgan fingerprint density at radius 1 is 0.409 bits per heavy atom. The highest BCUT2D eigenvalue weighted by Gasteiger charge is 2.29. The molecule has 0 nitrogen and oxygen atoms in total. The van der Waals surface area contributed by atoms with Gasteiger partial charge in [-0.1, -0.05) is 66.7 Å². The molecule has 0 unspecified atom stereocenters. The molecule has 0 amide bonds. The molecule has 0 bridgehead atoms. The van der Waals surface area contributed by atoms with Crippen LogP contribution in [-0.2, 0) is 0 Å². The number of rotatable bonds is 0. The highest BCUT2D eigenvalue weighted by Crippen LogP contribution is 2.57. The molecule has 0 radical (unpaired) electrons. The van der Waals surface area contributed by atoms with Crippen molar-refractivity contribution in [3.8, 4) is 44.5 Å². The van der Waals surface area contributed by atoms with Crippen LogP contribution in [0.1, 0.15) is 0 Å². The molecule has 0 fully saturated rings. The van der Waals surface area contributed by atoms with Gasteiger partial charge in [0.1, 0.15) is 0 Å². The lowest BCUT2D eigenvalue weighted by atomic mass is 9.76. The van der Waals surface area contributed by atoms with Crippen LogP contribution >= 0.6 is 0 Å². The molecule has 0 saturated carbocycles. The topological polar surface area (TPSA) is 0 Å². The highest BCUT2D eigenvalue weighted by molar-refractivity contribution is 6.25. The van der Waals surface area contributed by atoms with Crippen molar-refractivity contribution in [3.63, 3.8) is 0 Å². The van der Waals surface area contributed by atoms with E-state index in [9.17, 15) is 0 Å². The summed E-state index contributed by atoms with van der Waals surface area (Å²) in [5, 5.41) is 2.83. The van der Waals surface area contributed by atoms with Crippen molar-refractivity contribution in [1.29, 1.82) is 0 Å². The van der Waals surface area contributed by atoms with Crippen LogP contribution in [-0.4, -0.2) is 0 Å². The third-order valence-corrected chi connectivity index (χ3v) is 5.16. The van der Waals surface area contributed by atoms with Crippen LogP contribution in [0.2, 0.25) is 0 Å². The minimum atomic E-state index is 1.37. The second kappa shape index (κ2) is 3.48. The van der Waals surface area contributed by atoms with E-state index >= 15 is 0 Å². The molecule has 4 aromatic rings. The fourth-order valence-electron chi connectivity index (χ4n) is 4.25. The number of benzene rings is 4. The van der Waals surface area contributed by atoms with Crippen LogP contribution in [0.4, 0.5) is 0 Å². The monoisotopic (exact) mass is 276 g/mol. The van der Waals surface area contributed by atoms with Gasteiger partial charge in [-0.15, -0.1) is 0 Å². The Bertz CT molecular complexity index is 1120. The van der Waals surface area contributed by atoms with Crippen molar-refractivity contribution >= 4 is 10.8 Å². The standard InChI is InChI=1S/C22H12/c1-2-7-14-13(6-1)17-10-5-11-18-21-16-9-4-3-8-15(16)20(21)12-19(14)22(17)18/h1-12H. The Balaban J connectivity index is 1.84.